The number of aromatic amines is 1. The van der Waals surface area contributed by atoms with Gasteiger partial charge in [-0.25, -0.2) is 9.95 Å². The van der Waals surface area contributed by atoms with Gasteiger partial charge in [-0.15, -0.1) is 0 Å². The highest BCUT2D eigenvalue weighted by Crippen LogP contribution is 2.31. The fraction of sp³-hybridized carbons (Fsp3) is 0.308. The molecule has 0 amide bonds. The molecule has 0 bridgehead atoms. The molecule has 0 radical (unpaired) electrons. The van der Waals surface area contributed by atoms with Crippen LogP contribution in [0.1, 0.15) is 13.8 Å². The molecule has 5 nitrogen and oxygen atoms in total. The van der Waals surface area contributed by atoms with Crippen LogP contribution in [0.3, 0.4) is 0 Å². The molecule has 0 fully saturated rings. The molecule has 0 aliphatic rings. The summed E-state index contributed by atoms with van der Waals surface area (Å²) in [4.78, 5) is 11.0. The quantitative estimate of drug-likeness (QED) is 0.883. The third-order valence-corrected chi connectivity index (χ3v) is 2.38. The van der Waals surface area contributed by atoms with Crippen molar-refractivity contribution >= 4 is 0 Å². The van der Waals surface area contributed by atoms with Gasteiger partial charge in [-0.05, 0) is 32.0 Å². The topological polar surface area (TPSA) is 64.5 Å². The van der Waals surface area contributed by atoms with E-state index in [1.54, 1.807) is 0 Å². The van der Waals surface area contributed by atoms with Crippen LogP contribution in [-0.4, -0.2) is 18.4 Å². The van der Waals surface area contributed by atoms with Crippen LogP contribution in [-0.2, 0) is 0 Å². The molecule has 2 aromatic rings. The summed E-state index contributed by atoms with van der Waals surface area (Å²) in [6.45, 7) is 4.94. The fourth-order valence-corrected chi connectivity index (χ4v) is 1.64. The van der Waals surface area contributed by atoms with Gasteiger partial charge in [-0.1, -0.05) is 0 Å². The van der Waals surface area contributed by atoms with Crippen LogP contribution in [0.25, 0.3) is 11.3 Å². The van der Waals surface area contributed by atoms with E-state index in [0.29, 0.717) is 30.4 Å². The van der Waals surface area contributed by atoms with Crippen LogP contribution in [0.5, 0.6) is 11.5 Å². The summed E-state index contributed by atoms with van der Waals surface area (Å²) >= 11 is 0. The standard InChI is InChI=1S/C13H15NO4/c1-3-16-11-6-5-9(7-12(11)17-4-2)10-8-13(15)18-14-10/h5-8,14H,3-4H2,1-2H3. The predicted octanol–water partition coefficient (Wildman–Crippen LogP) is 2.43. The molecule has 96 valence electrons. The SMILES string of the molecule is CCOc1ccc(-c2cc(=O)o[nH]2)cc1OCC. The molecule has 1 heterocycles. The minimum absolute atomic E-state index is 0.406. The van der Waals surface area contributed by atoms with Crippen LogP contribution in [0.15, 0.2) is 33.6 Å². The molecule has 1 aromatic carbocycles. The minimum atomic E-state index is -0.406. The van der Waals surface area contributed by atoms with Crippen molar-refractivity contribution in [2.24, 2.45) is 0 Å². The van der Waals surface area contributed by atoms with Gasteiger partial charge in [0.15, 0.2) is 11.5 Å². The maximum Gasteiger partial charge on any atom is 0.357 e. The Labute approximate surface area is 104 Å². The third-order valence-electron chi connectivity index (χ3n) is 2.38. The van der Waals surface area contributed by atoms with Crippen LogP contribution in [0.2, 0.25) is 0 Å². The third kappa shape index (κ3) is 2.56. The molecule has 0 saturated carbocycles. The Hall–Kier alpha value is -2.17. The van der Waals surface area contributed by atoms with Gasteiger partial charge in [0.25, 0.3) is 0 Å². The highest BCUT2D eigenvalue weighted by Gasteiger charge is 2.09. The van der Waals surface area contributed by atoms with Gasteiger partial charge in [0.2, 0.25) is 0 Å². The molecule has 5 heteroatoms. The van der Waals surface area contributed by atoms with E-state index in [4.69, 9.17) is 9.47 Å². The second-order valence-corrected chi connectivity index (χ2v) is 3.61. The largest absolute Gasteiger partial charge is 0.490 e. The Balaban J connectivity index is 2.38. The molecular formula is C13H15NO4. The molecule has 1 N–H and O–H groups in total. The van der Waals surface area contributed by atoms with E-state index in [2.05, 4.69) is 9.68 Å². The van der Waals surface area contributed by atoms with Gasteiger partial charge in [0.1, 0.15) is 0 Å². The summed E-state index contributed by atoms with van der Waals surface area (Å²) < 4.78 is 15.6. The first-order chi connectivity index (χ1) is 8.74. The maximum atomic E-state index is 11.0. The highest BCUT2D eigenvalue weighted by atomic mass is 16.5. The van der Waals surface area contributed by atoms with E-state index in [-0.39, 0.29) is 0 Å². The Bertz CT molecular complexity index is 570. The van der Waals surface area contributed by atoms with Crippen molar-refractivity contribution < 1.29 is 14.0 Å². The highest BCUT2D eigenvalue weighted by molar-refractivity contribution is 5.63. The first-order valence-corrected chi connectivity index (χ1v) is 5.83. The Kier molecular flexibility index (Phi) is 3.72. The molecule has 0 unspecified atom stereocenters. The number of rotatable bonds is 5. The number of nitrogens with one attached hydrogen (secondary N) is 1. The van der Waals surface area contributed by atoms with Crippen LogP contribution >= 0.6 is 0 Å². The summed E-state index contributed by atoms with van der Waals surface area (Å²) in [5.41, 5.74) is 1.02. The molecule has 1 aromatic heterocycles. The lowest BCUT2D eigenvalue weighted by molar-refractivity contribution is 0.288. The Morgan fingerprint density at radius 3 is 2.44 bits per heavy atom. The van der Waals surface area contributed by atoms with Gasteiger partial charge in [-0.3, -0.25) is 0 Å². The van der Waals surface area contributed by atoms with Crippen molar-refractivity contribution in [1.29, 1.82) is 0 Å². The monoisotopic (exact) mass is 249 g/mol. The van der Waals surface area contributed by atoms with Crippen molar-refractivity contribution in [3.63, 3.8) is 0 Å². The zero-order valence-corrected chi connectivity index (χ0v) is 10.4. The molecular weight excluding hydrogens is 234 g/mol. The Morgan fingerprint density at radius 1 is 1.11 bits per heavy atom. The normalized spacial score (nSPS) is 10.3. The predicted molar refractivity (Wildman–Crippen MR) is 67.1 cm³/mol. The summed E-state index contributed by atoms with van der Waals surface area (Å²) in [6, 6.07) is 6.87. The van der Waals surface area contributed by atoms with Gasteiger partial charge in [0, 0.05) is 5.56 Å². The van der Waals surface area contributed by atoms with E-state index in [1.165, 1.54) is 6.07 Å². The number of ether oxygens (including phenoxy) is 2. The van der Waals surface area contributed by atoms with E-state index < -0.39 is 5.63 Å². The minimum Gasteiger partial charge on any atom is -0.490 e. The molecule has 2 rings (SSSR count). The number of aromatic nitrogens is 1. The average Bonchev–Trinajstić information content (AvgIpc) is 2.79. The van der Waals surface area contributed by atoms with Crippen molar-refractivity contribution in [3.05, 3.63) is 34.7 Å². The molecule has 0 aliphatic carbocycles. The van der Waals surface area contributed by atoms with Crippen molar-refractivity contribution in [1.82, 2.24) is 5.16 Å². The van der Waals surface area contributed by atoms with Crippen LogP contribution in [0, 0.1) is 0 Å². The van der Waals surface area contributed by atoms with Crippen molar-refractivity contribution in [2.45, 2.75) is 13.8 Å². The van der Waals surface area contributed by atoms with E-state index in [9.17, 15) is 4.79 Å². The number of benzene rings is 1. The lowest BCUT2D eigenvalue weighted by Gasteiger charge is -2.11. The summed E-state index contributed by atoms with van der Waals surface area (Å²) in [5.74, 6) is 1.34. The van der Waals surface area contributed by atoms with Crippen molar-refractivity contribution in [2.75, 3.05) is 13.2 Å². The number of hydrogen-bond donors (Lipinski definition) is 1. The van der Waals surface area contributed by atoms with Gasteiger partial charge < -0.3 is 14.0 Å². The maximum absolute atomic E-state index is 11.0. The average molecular weight is 249 g/mol. The van der Waals surface area contributed by atoms with Gasteiger partial charge in [0.05, 0.1) is 25.0 Å². The van der Waals surface area contributed by atoms with Crippen molar-refractivity contribution in [3.8, 4) is 22.8 Å². The van der Waals surface area contributed by atoms with Crippen LogP contribution < -0.4 is 15.1 Å². The van der Waals surface area contributed by atoms with E-state index in [0.717, 1.165) is 5.56 Å². The summed E-state index contributed by atoms with van der Waals surface area (Å²) in [5, 5.41) is 2.56. The number of H-pyrrole nitrogens is 1. The van der Waals surface area contributed by atoms with Gasteiger partial charge in [-0.2, -0.15) is 0 Å². The lowest BCUT2D eigenvalue weighted by Crippen LogP contribution is -1.98. The van der Waals surface area contributed by atoms with E-state index >= 15 is 0 Å². The number of hydrogen-bond acceptors (Lipinski definition) is 4. The summed E-state index contributed by atoms with van der Waals surface area (Å²) in [6.07, 6.45) is 0. The fourth-order valence-electron chi connectivity index (χ4n) is 1.64. The second-order valence-electron chi connectivity index (χ2n) is 3.61. The lowest BCUT2D eigenvalue weighted by atomic mass is 10.1. The van der Waals surface area contributed by atoms with E-state index in [1.807, 2.05) is 32.0 Å². The smallest absolute Gasteiger partial charge is 0.357 e. The summed E-state index contributed by atoms with van der Waals surface area (Å²) in [7, 11) is 0. The second kappa shape index (κ2) is 5.44. The molecule has 0 aliphatic heterocycles. The Morgan fingerprint density at radius 2 is 1.83 bits per heavy atom. The zero-order valence-electron chi connectivity index (χ0n) is 10.4. The molecule has 18 heavy (non-hydrogen) atoms. The van der Waals surface area contributed by atoms with Crippen LogP contribution in [0.4, 0.5) is 0 Å². The first-order valence-electron chi connectivity index (χ1n) is 5.83. The molecule has 0 saturated heterocycles. The zero-order chi connectivity index (χ0) is 13.0. The molecule has 0 spiro atoms. The first kappa shape index (κ1) is 12.3. The molecule has 0 atom stereocenters. The van der Waals surface area contributed by atoms with Gasteiger partial charge >= 0.3 is 5.63 Å².